The number of amides is 1. The fraction of sp³-hybridized carbons (Fsp3) is 0.261. The van der Waals surface area contributed by atoms with Gasteiger partial charge in [0.25, 0.3) is 17.0 Å². The maximum Gasteiger partial charge on any atom is 0.275 e. The van der Waals surface area contributed by atoms with Crippen molar-refractivity contribution in [1.82, 2.24) is 24.6 Å². The third-order valence-corrected chi connectivity index (χ3v) is 5.24. The third-order valence-electron chi connectivity index (χ3n) is 5.24. The van der Waals surface area contributed by atoms with Gasteiger partial charge in [0.05, 0.1) is 22.8 Å². The van der Waals surface area contributed by atoms with Gasteiger partial charge in [0.15, 0.2) is 5.69 Å². The third kappa shape index (κ3) is 3.72. The van der Waals surface area contributed by atoms with E-state index in [0.717, 1.165) is 0 Å². The molecule has 0 aliphatic carbocycles. The lowest BCUT2D eigenvalue weighted by Gasteiger charge is -2.26. The first-order valence-electron chi connectivity index (χ1n) is 10.2. The normalized spacial score (nSPS) is 11.4. The number of hydrogen-bond acceptors (Lipinski definition) is 5. The largest absolute Gasteiger partial charge is 0.327 e. The molecule has 0 saturated heterocycles. The fourth-order valence-corrected chi connectivity index (χ4v) is 3.60. The van der Waals surface area contributed by atoms with Gasteiger partial charge in [-0.15, -0.1) is 0 Å². The highest BCUT2D eigenvalue weighted by Crippen LogP contribution is 2.18. The number of nitrogens with zero attached hydrogens (tertiary/aromatic N) is 4. The molecule has 0 saturated carbocycles. The summed E-state index contributed by atoms with van der Waals surface area (Å²) in [6, 6.07) is 13.8. The van der Waals surface area contributed by atoms with Crippen molar-refractivity contribution in [3.8, 4) is 0 Å². The highest BCUT2D eigenvalue weighted by molar-refractivity contribution is 6.04. The molecule has 1 N–H and O–H groups in total. The molecule has 0 unspecified atom stereocenters. The molecule has 8 nitrogen and oxygen atoms in total. The van der Waals surface area contributed by atoms with E-state index in [1.165, 1.54) is 4.68 Å². The van der Waals surface area contributed by atoms with E-state index in [0.29, 0.717) is 34.0 Å². The second kappa shape index (κ2) is 8.14. The van der Waals surface area contributed by atoms with Crippen LogP contribution in [0.5, 0.6) is 0 Å². The Labute approximate surface area is 178 Å². The van der Waals surface area contributed by atoms with E-state index in [4.69, 9.17) is 0 Å². The van der Waals surface area contributed by atoms with Crippen LogP contribution in [0, 0.1) is 0 Å². The van der Waals surface area contributed by atoms with Gasteiger partial charge in [-0.1, -0.05) is 30.3 Å². The number of benzene rings is 2. The van der Waals surface area contributed by atoms with E-state index in [2.05, 4.69) is 15.1 Å². The van der Waals surface area contributed by atoms with Crippen LogP contribution in [-0.4, -0.2) is 36.6 Å². The van der Waals surface area contributed by atoms with Crippen molar-refractivity contribution in [1.29, 1.82) is 0 Å². The zero-order valence-electron chi connectivity index (χ0n) is 17.6. The number of hydrogen-bond donors (Lipinski definition) is 1. The van der Waals surface area contributed by atoms with Gasteiger partial charge in [0, 0.05) is 18.0 Å². The summed E-state index contributed by atoms with van der Waals surface area (Å²) in [6.45, 7) is 6.04. The van der Waals surface area contributed by atoms with Gasteiger partial charge in [-0.2, -0.15) is 5.10 Å². The van der Waals surface area contributed by atoms with Crippen molar-refractivity contribution in [3.05, 3.63) is 80.8 Å². The topological polar surface area (TPSA) is 101 Å². The molecule has 4 rings (SSSR count). The van der Waals surface area contributed by atoms with Crippen LogP contribution >= 0.6 is 0 Å². The molecular weight excluding hydrogens is 394 g/mol. The average Bonchev–Trinajstić information content (AvgIpc) is 2.77. The number of rotatable bonds is 5. The molecule has 0 aliphatic rings. The van der Waals surface area contributed by atoms with Crippen molar-refractivity contribution in [2.24, 2.45) is 0 Å². The standard InChI is InChI=1S/C23H23N5O3/c1-4-28-22(30)16-10-6-5-9-15(16)20(26-28)23(31)27(14(2)3)13-19-24-18-12-8-7-11-17(18)21(29)25-19/h5-12,14H,4,13H2,1-3H3,(H,24,25,29). The molecule has 8 heteroatoms. The molecule has 158 valence electrons. The van der Waals surface area contributed by atoms with Crippen molar-refractivity contribution >= 4 is 27.6 Å². The Hall–Kier alpha value is -3.81. The van der Waals surface area contributed by atoms with Gasteiger partial charge in [-0.3, -0.25) is 14.4 Å². The molecule has 1 amide bonds. The lowest BCUT2D eigenvalue weighted by atomic mass is 10.1. The predicted molar refractivity (Wildman–Crippen MR) is 119 cm³/mol. The number of carbonyl (C=O) groups excluding carboxylic acids is 1. The maximum absolute atomic E-state index is 13.6. The molecule has 4 aromatic rings. The van der Waals surface area contributed by atoms with E-state index in [1.807, 2.05) is 19.9 Å². The molecule has 0 bridgehead atoms. The van der Waals surface area contributed by atoms with Crippen molar-refractivity contribution in [2.75, 3.05) is 0 Å². The zero-order valence-corrected chi connectivity index (χ0v) is 17.6. The van der Waals surface area contributed by atoms with E-state index in [-0.39, 0.29) is 35.3 Å². The van der Waals surface area contributed by atoms with Crippen molar-refractivity contribution in [3.63, 3.8) is 0 Å². The first-order valence-corrected chi connectivity index (χ1v) is 10.2. The van der Waals surface area contributed by atoms with Gasteiger partial charge in [-0.25, -0.2) is 9.67 Å². The van der Waals surface area contributed by atoms with Crippen LogP contribution in [0.1, 0.15) is 37.1 Å². The Morgan fingerprint density at radius 2 is 1.68 bits per heavy atom. The maximum atomic E-state index is 13.6. The molecule has 2 aromatic carbocycles. The summed E-state index contributed by atoms with van der Waals surface area (Å²) in [5.74, 6) is 0.0584. The lowest BCUT2D eigenvalue weighted by Crippen LogP contribution is -2.39. The average molecular weight is 417 g/mol. The molecule has 0 radical (unpaired) electrons. The van der Waals surface area contributed by atoms with Crippen LogP contribution in [-0.2, 0) is 13.1 Å². The molecule has 2 aromatic heterocycles. The first-order chi connectivity index (χ1) is 14.9. The van der Waals surface area contributed by atoms with Crippen LogP contribution in [0.2, 0.25) is 0 Å². The minimum Gasteiger partial charge on any atom is -0.327 e. The highest BCUT2D eigenvalue weighted by Gasteiger charge is 2.25. The van der Waals surface area contributed by atoms with Gasteiger partial charge in [0.2, 0.25) is 0 Å². The number of aromatic amines is 1. The minimum absolute atomic E-state index is 0.109. The summed E-state index contributed by atoms with van der Waals surface area (Å²) in [4.78, 5) is 47.5. The van der Waals surface area contributed by atoms with Crippen molar-refractivity contribution in [2.45, 2.75) is 39.9 Å². The Kier molecular flexibility index (Phi) is 5.37. The summed E-state index contributed by atoms with van der Waals surface area (Å²) < 4.78 is 1.30. The summed E-state index contributed by atoms with van der Waals surface area (Å²) in [6.07, 6.45) is 0. The van der Waals surface area contributed by atoms with Gasteiger partial charge in [-0.05, 0) is 39.0 Å². The molecule has 0 atom stereocenters. The Morgan fingerprint density at radius 1 is 1.03 bits per heavy atom. The number of H-pyrrole nitrogens is 1. The fourth-order valence-electron chi connectivity index (χ4n) is 3.60. The van der Waals surface area contributed by atoms with E-state index < -0.39 is 0 Å². The number of aromatic nitrogens is 4. The Bertz CT molecular complexity index is 1400. The number of aryl methyl sites for hydroxylation is 1. The summed E-state index contributed by atoms with van der Waals surface area (Å²) >= 11 is 0. The Morgan fingerprint density at radius 3 is 2.35 bits per heavy atom. The molecule has 0 aliphatic heterocycles. The molecule has 2 heterocycles. The monoisotopic (exact) mass is 417 g/mol. The van der Waals surface area contributed by atoms with E-state index in [1.54, 1.807) is 54.3 Å². The van der Waals surface area contributed by atoms with Crippen LogP contribution in [0.15, 0.2) is 58.1 Å². The summed E-state index contributed by atoms with van der Waals surface area (Å²) in [7, 11) is 0. The molecule has 0 spiro atoms. The smallest absolute Gasteiger partial charge is 0.275 e. The SMILES string of the molecule is CCn1nc(C(=O)N(Cc2nc3ccccc3c(=O)[nH]2)C(C)C)c2ccccc2c1=O. The van der Waals surface area contributed by atoms with Gasteiger partial charge >= 0.3 is 0 Å². The quantitative estimate of drug-likeness (QED) is 0.538. The zero-order chi connectivity index (χ0) is 22.1. The number of nitrogens with one attached hydrogen (secondary N) is 1. The van der Waals surface area contributed by atoms with Crippen LogP contribution < -0.4 is 11.1 Å². The highest BCUT2D eigenvalue weighted by atomic mass is 16.2. The van der Waals surface area contributed by atoms with Crippen LogP contribution in [0.25, 0.3) is 21.7 Å². The molecule has 0 fully saturated rings. The summed E-state index contributed by atoms with van der Waals surface area (Å²) in [5.41, 5.74) is 0.292. The number of carbonyl (C=O) groups is 1. The predicted octanol–water partition coefficient (Wildman–Crippen LogP) is 2.70. The molecular formula is C23H23N5O3. The Balaban J connectivity index is 1.80. The van der Waals surface area contributed by atoms with Crippen LogP contribution in [0.4, 0.5) is 0 Å². The number of para-hydroxylation sites is 1. The van der Waals surface area contributed by atoms with Gasteiger partial charge in [0.1, 0.15) is 5.82 Å². The molecule has 31 heavy (non-hydrogen) atoms. The number of fused-ring (bicyclic) bond motifs is 2. The van der Waals surface area contributed by atoms with Crippen LogP contribution in [0.3, 0.4) is 0 Å². The van der Waals surface area contributed by atoms with E-state index in [9.17, 15) is 14.4 Å². The first kappa shape index (κ1) is 20.5. The van der Waals surface area contributed by atoms with Gasteiger partial charge < -0.3 is 9.88 Å². The van der Waals surface area contributed by atoms with E-state index >= 15 is 0 Å². The second-order valence-electron chi connectivity index (χ2n) is 7.57. The lowest BCUT2D eigenvalue weighted by molar-refractivity contribution is 0.0678. The minimum atomic E-state index is -0.329. The second-order valence-corrected chi connectivity index (χ2v) is 7.57. The van der Waals surface area contributed by atoms with Crippen molar-refractivity contribution < 1.29 is 4.79 Å². The summed E-state index contributed by atoms with van der Waals surface area (Å²) in [5, 5.41) is 5.80.